The molecule has 0 radical (unpaired) electrons. The number of hydrogen-bond acceptors (Lipinski definition) is 3. The minimum atomic E-state index is -0.915. The first-order valence-corrected chi connectivity index (χ1v) is 9.99. The van der Waals surface area contributed by atoms with Crippen molar-refractivity contribution < 1.29 is 19.4 Å². The number of methoxy groups -OCH3 is 1. The van der Waals surface area contributed by atoms with Crippen molar-refractivity contribution in [1.82, 2.24) is 9.80 Å². The zero-order valence-electron chi connectivity index (χ0n) is 15.4. The van der Waals surface area contributed by atoms with Gasteiger partial charge in [-0.1, -0.05) is 18.0 Å². The van der Waals surface area contributed by atoms with Crippen molar-refractivity contribution in [3.05, 3.63) is 28.8 Å². The number of hydrogen-bond donors (Lipinski definition) is 1. The largest absolute Gasteiger partial charge is 0.496 e. The van der Waals surface area contributed by atoms with E-state index in [-0.39, 0.29) is 18.0 Å². The second-order valence-corrected chi connectivity index (χ2v) is 8.41. The number of carbonyl (C=O) groups is 2. The Kier molecular flexibility index (Phi) is 4.93. The molecule has 1 aromatic rings. The third-order valence-electron chi connectivity index (χ3n) is 6.51. The molecule has 2 saturated carbocycles. The topological polar surface area (TPSA) is 70.1 Å². The van der Waals surface area contributed by atoms with Crippen molar-refractivity contribution in [2.24, 2.45) is 11.8 Å². The molecule has 4 atom stereocenters. The number of carbonyl (C=O) groups excluding carboxylic acids is 1. The summed E-state index contributed by atoms with van der Waals surface area (Å²) in [6.45, 7) is 0.854. The number of benzene rings is 1. The monoisotopic (exact) mass is 392 g/mol. The molecule has 6 nitrogen and oxygen atoms in total. The fraction of sp³-hybridized carbons (Fsp3) is 0.600. The van der Waals surface area contributed by atoms with Gasteiger partial charge in [0.1, 0.15) is 5.75 Å². The number of fused-ring (bicyclic) bond motifs is 2. The van der Waals surface area contributed by atoms with Gasteiger partial charge >= 0.3 is 6.09 Å². The average Bonchev–Trinajstić information content (AvgIpc) is 3.38. The van der Waals surface area contributed by atoms with Crippen LogP contribution in [-0.4, -0.2) is 59.2 Å². The van der Waals surface area contributed by atoms with Gasteiger partial charge in [-0.05, 0) is 55.7 Å². The van der Waals surface area contributed by atoms with Crippen molar-refractivity contribution in [2.75, 3.05) is 20.2 Å². The second kappa shape index (κ2) is 7.23. The first-order valence-electron chi connectivity index (χ1n) is 9.62. The van der Waals surface area contributed by atoms with Crippen molar-refractivity contribution in [3.63, 3.8) is 0 Å². The lowest BCUT2D eigenvalue weighted by atomic mass is 9.92. The van der Waals surface area contributed by atoms with Gasteiger partial charge in [-0.2, -0.15) is 0 Å². The normalized spacial score (nSPS) is 29.2. The van der Waals surface area contributed by atoms with Crippen LogP contribution >= 0.6 is 11.6 Å². The summed E-state index contributed by atoms with van der Waals surface area (Å²) in [5.74, 6) is 1.61. The average molecular weight is 393 g/mol. The van der Waals surface area contributed by atoms with Gasteiger partial charge in [0.05, 0.1) is 18.7 Å². The molecule has 0 aromatic heterocycles. The maximum atomic E-state index is 13.6. The molecular formula is C20H25ClN2O4. The third-order valence-corrected chi connectivity index (χ3v) is 6.75. The lowest BCUT2D eigenvalue weighted by molar-refractivity contribution is 0.0484. The summed E-state index contributed by atoms with van der Waals surface area (Å²) in [5.41, 5.74) is 0.499. The van der Waals surface area contributed by atoms with Crippen molar-refractivity contribution in [3.8, 4) is 5.75 Å². The zero-order valence-corrected chi connectivity index (χ0v) is 16.2. The summed E-state index contributed by atoms with van der Waals surface area (Å²) in [7, 11) is 1.53. The number of ether oxygens (including phenoxy) is 1. The van der Waals surface area contributed by atoms with E-state index in [1.165, 1.54) is 24.9 Å². The van der Waals surface area contributed by atoms with Gasteiger partial charge in [0.15, 0.2) is 0 Å². The summed E-state index contributed by atoms with van der Waals surface area (Å²) < 4.78 is 5.41. The van der Waals surface area contributed by atoms with Crippen LogP contribution in [0.15, 0.2) is 18.2 Å². The molecule has 3 fully saturated rings. The number of nitrogens with zero attached hydrogens (tertiary/aromatic N) is 2. The second-order valence-electron chi connectivity index (χ2n) is 7.97. The molecule has 3 aliphatic rings. The molecule has 1 heterocycles. The van der Waals surface area contributed by atoms with Gasteiger partial charge in [0.25, 0.3) is 5.91 Å². The van der Waals surface area contributed by atoms with Crippen LogP contribution in [0.4, 0.5) is 4.79 Å². The highest BCUT2D eigenvalue weighted by atomic mass is 35.5. The van der Waals surface area contributed by atoms with E-state index in [4.69, 9.17) is 16.3 Å². The Balaban J connectivity index is 1.66. The van der Waals surface area contributed by atoms with Crippen LogP contribution in [0.3, 0.4) is 0 Å². The summed E-state index contributed by atoms with van der Waals surface area (Å²) in [6, 6.07) is 5.18. The number of amides is 2. The first kappa shape index (κ1) is 18.4. The lowest BCUT2D eigenvalue weighted by Gasteiger charge is -2.39. The first-order chi connectivity index (χ1) is 13.0. The van der Waals surface area contributed by atoms with Gasteiger partial charge in [-0.3, -0.25) is 4.79 Å². The Morgan fingerprint density at radius 2 is 2.07 bits per heavy atom. The molecule has 2 bridgehead atoms. The number of rotatable bonds is 4. The third kappa shape index (κ3) is 3.35. The molecular weight excluding hydrogens is 368 g/mol. The van der Waals surface area contributed by atoms with Gasteiger partial charge in [0.2, 0.25) is 0 Å². The highest BCUT2D eigenvalue weighted by molar-refractivity contribution is 6.30. The summed E-state index contributed by atoms with van der Waals surface area (Å²) in [6.07, 6.45) is 4.38. The van der Waals surface area contributed by atoms with Crippen LogP contribution in [0.2, 0.25) is 5.02 Å². The highest BCUT2D eigenvalue weighted by Crippen LogP contribution is 2.48. The fourth-order valence-corrected chi connectivity index (χ4v) is 5.42. The molecule has 4 rings (SSSR count). The van der Waals surface area contributed by atoms with Crippen LogP contribution in [0.5, 0.6) is 5.75 Å². The summed E-state index contributed by atoms with van der Waals surface area (Å²) in [4.78, 5) is 28.4. The van der Waals surface area contributed by atoms with E-state index in [0.29, 0.717) is 47.7 Å². The molecule has 7 heteroatoms. The quantitative estimate of drug-likeness (QED) is 0.847. The van der Waals surface area contributed by atoms with E-state index in [2.05, 4.69) is 0 Å². The molecule has 1 N–H and O–H groups in total. The minimum Gasteiger partial charge on any atom is -0.496 e. The number of halogens is 1. The molecule has 3 unspecified atom stereocenters. The van der Waals surface area contributed by atoms with Crippen LogP contribution < -0.4 is 4.74 Å². The Morgan fingerprint density at radius 3 is 2.67 bits per heavy atom. The molecule has 1 aromatic carbocycles. The van der Waals surface area contributed by atoms with Gasteiger partial charge in [-0.25, -0.2) is 4.79 Å². The van der Waals surface area contributed by atoms with Crippen LogP contribution in [-0.2, 0) is 0 Å². The molecule has 0 spiro atoms. The van der Waals surface area contributed by atoms with Crippen molar-refractivity contribution in [2.45, 2.75) is 44.2 Å². The van der Waals surface area contributed by atoms with E-state index in [1.807, 2.05) is 4.90 Å². The van der Waals surface area contributed by atoms with E-state index < -0.39 is 6.09 Å². The summed E-state index contributed by atoms with van der Waals surface area (Å²) in [5, 5.41) is 9.86. The van der Waals surface area contributed by atoms with E-state index in [1.54, 1.807) is 18.2 Å². The van der Waals surface area contributed by atoms with Gasteiger partial charge < -0.3 is 19.6 Å². The standard InChI is InChI=1S/C20H25ClN2O4/c1-27-18-10-14(21)4-5-16(18)19(24)23(15-6-7-22(11-15)20(25)26)17-9-12-2-3-13(17)8-12/h4-5,10,12-13,15,17H,2-3,6-9,11H2,1H3,(H,25,26)/t12?,13?,15-,17?/m0/s1. The SMILES string of the molecule is COc1cc(Cl)ccc1C(=O)N(C1CC2CCC1C2)[C@H]1CCN(C(=O)O)C1. The van der Waals surface area contributed by atoms with Crippen molar-refractivity contribution in [1.29, 1.82) is 0 Å². The van der Waals surface area contributed by atoms with Crippen LogP contribution in [0.1, 0.15) is 42.5 Å². The Bertz CT molecular complexity index is 755. The molecule has 27 heavy (non-hydrogen) atoms. The number of carboxylic acid groups (broad SMARTS) is 1. The van der Waals surface area contributed by atoms with E-state index in [9.17, 15) is 14.7 Å². The molecule has 2 aliphatic carbocycles. The highest BCUT2D eigenvalue weighted by Gasteiger charge is 2.47. The Hall–Kier alpha value is -1.95. The van der Waals surface area contributed by atoms with Crippen LogP contribution in [0, 0.1) is 11.8 Å². The lowest BCUT2D eigenvalue weighted by Crippen LogP contribution is -2.50. The molecule has 2 amide bonds. The summed E-state index contributed by atoms with van der Waals surface area (Å²) >= 11 is 6.06. The maximum absolute atomic E-state index is 13.6. The molecule has 1 aliphatic heterocycles. The molecule has 1 saturated heterocycles. The fourth-order valence-electron chi connectivity index (χ4n) is 5.26. The minimum absolute atomic E-state index is 0.0710. The van der Waals surface area contributed by atoms with E-state index >= 15 is 0 Å². The van der Waals surface area contributed by atoms with E-state index in [0.717, 1.165) is 12.8 Å². The van der Waals surface area contributed by atoms with Crippen molar-refractivity contribution >= 4 is 23.6 Å². The molecule has 146 valence electrons. The van der Waals surface area contributed by atoms with Gasteiger partial charge in [0, 0.05) is 24.2 Å². The smallest absolute Gasteiger partial charge is 0.407 e. The van der Waals surface area contributed by atoms with Gasteiger partial charge in [-0.15, -0.1) is 0 Å². The maximum Gasteiger partial charge on any atom is 0.407 e. The predicted octanol–water partition coefficient (Wildman–Crippen LogP) is 3.73. The predicted molar refractivity (Wildman–Crippen MR) is 101 cm³/mol. The zero-order chi connectivity index (χ0) is 19.1. The number of likely N-dealkylation sites (tertiary alicyclic amines) is 1. The Labute approximate surface area is 164 Å². The Morgan fingerprint density at radius 1 is 1.26 bits per heavy atom. The van der Waals surface area contributed by atoms with Crippen LogP contribution in [0.25, 0.3) is 0 Å².